The number of rotatable bonds is 3. The lowest BCUT2D eigenvalue weighted by Gasteiger charge is -2.24. The average Bonchev–Trinajstić information content (AvgIpc) is 2.83. The van der Waals surface area contributed by atoms with E-state index >= 15 is 0 Å². The van der Waals surface area contributed by atoms with Gasteiger partial charge in [-0.15, -0.1) is 0 Å². The Hall–Kier alpha value is -1.33. The first-order valence-corrected chi connectivity index (χ1v) is 5.99. The van der Waals surface area contributed by atoms with E-state index in [1.807, 2.05) is 18.2 Å². The van der Waals surface area contributed by atoms with Crippen molar-refractivity contribution in [3.8, 4) is 6.07 Å². The molecule has 0 bridgehead atoms. The van der Waals surface area contributed by atoms with Gasteiger partial charge in [0.25, 0.3) is 0 Å². The Balaban J connectivity index is 2.05. The van der Waals surface area contributed by atoms with E-state index in [1.165, 1.54) is 25.7 Å². The van der Waals surface area contributed by atoms with Crippen LogP contribution in [0.3, 0.4) is 0 Å². The van der Waals surface area contributed by atoms with Crippen molar-refractivity contribution in [1.29, 1.82) is 5.26 Å². The fourth-order valence-corrected chi connectivity index (χ4v) is 2.51. The van der Waals surface area contributed by atoms with E-state index in [1.54, 1.807) is 0 Å². The van der Waals surface area contributed by atoms with Crippen molar-refractivity contribution in [1.82, 2.24) is 4.90 Å². The van der Waals surface area contributed by atoms with Gasteiger partial charge in [0.05, 0.1) is 11.6 Å². The minimum absolute atomic E-state index is 0.715. The molecule has 0 amide bonds. The summed E-state index contributed by atoms with van der Waals surface area (Å²) in [6.45, 7) is 0.897. The third kappa shape index (κ3) is 2.43. The van der Waals surface area contributed by atoms with E-state index in [2.05, 4.69) is 24.1 Å². The Labute approximate surface area is 97.5 Å². The van der Waals surface area contributed by atoms with Crippen LogP contribution < -0.4 is 0 Å². The van der Waals surface area contributed by atoms with Gasteiger partial charge in [0.15, 0.2) is 0 Å². The van der Waals surface area contributed by atoms with E-state index in [-0.39, 0.29) is 0 Å². The lowest BCUT2D eigenvalue weighted by atomic mass is 10.1. The molecule has 0 radical (unpaired) electrons. The first-order chi connectivity index (χ1) is 7.81. The highest BCUT2D eigenvalue weighted by atomic mass is 15.1. The molecule has 1 fully saturated rings. The molecule has 0 N–H and O–H groups in total. The number of nitrogens with zero attached hydrogens (tertiary/aromatic N) is 2. The summed E-state index contributed by atoms with van der Waals surface area (Å²) < 4.78 is 0. The van der Waals surface area contributed by atoms with E-state index in [9.17, 15) is 0 Å². The molecule has 84 valence electrons. The largest absolute Gasteiger partial charge is 0.299 e. The SMILES string of the molecule is CN(Cc1ccccc1C#N)C1CCCC1. The van der Waals surface area contributed by atoms with Gasteiger partial charge in [-0.05, 0) is 31.5 Å². The van der Waals surface area contributed by atoms with E-state index in [0.29, 0.717) is 6.04 Å². The van der Waals surface area contributed by atoms with Gasteiger partial charge in [-0.3, -0.25) is 4.90 Å². The zero-order valence-corrected chi connectivity index (χ0v) is 9.82. The lowest BCUT2D eigenvalue weighted by molar-refractivity contribution is 0.237. The molecule has 0 aliphatic heterocycles. The van der Waals surface area contributed by atoms with E-state index in [4.69, 9.17) is 5.26 Å². The van der Waals surface area contributed by atoms with Crippen LogP contribution >= 0.6 is 0 Å². The molecule has 1 aromatic rings. The van der Waals surface area contributed by atoms with Crippen molar-refractivity contribution in [3.05, 3.63) is 35.4 Å². The maximum Gasteiger partial charge on any atom is 0.0995 e. The third-order valence-corrected chi connectivity index (χ3v) is 3.51. The molecule has 0 saturated heterocycles. The normalized spacial score (nSPS) is 16.6. The predicted octanol–water partition coefficient (Wildman–Crippen LogP) is 2.93. The molecule has 1 aromatic carbocycles. The van der Waals surface area contributed by atoms with Crippen LogP contribution in [-0.4, -0.2) is 18.0 Å². The second-order valence-corrected chi connectivity index (χ2v) is 4.62. The van der Waals surface area contributed by atoms with Gasteiger partial charge in [0.1, 0.15) is 0 Å². The zero-order valence-electron chi connectivity index (χ0n) is 9.82. The summed E-state index contributed by atoms with van der Waals surface area (Å²) in [5.74, 6) is 0. The smallest absolute Gasteiger partial charge is 0.0995 e. The third-order valence-electron chi connectivity index (χ3n) is 3.51. The molecular weight excluding hydrogens is 196 g/mol. The van der Waals surface area contributed by atoms with Crippen LogP contribution in [0.4, 0.5) is 0 Å². The van der Waals surface area contributed by atoms with Crippen LogP contribution in [-0.2, 0) is 6.54 Å². The van der Waals surface area contributed by atoms with Gasteiger partial charge >= 0.3 is 0 Å². The van der Waals surface area contributed by atoms with Crippen LogP contribution in [0.1, 0.15) is 36.8 Å². The molecule has 1 aliphatic rings. The monoisotopic (exact) mass is 214 g/mol. The topological polar surface area (TPSA) is 27.0 Å². The number of hydrogen-bond acceptors (Lipinski definition) is 2. The summed E-state index contributed by atoms with van der Waals surface area (Å²) in [5.41, 5.74) is 1.96. The highest BCUT2D eigenvalue weighted by molar-refractivity contribution is 5.37. The highest BCUT2D eigenvalue weighted by Gasteiger charge is 2.19. The maximum absolute atomic E-state index is 9.03. The molecule has 2 rings (SSSR count). The number of hydrogen-bond donors (Lipinski definition) is 0. The first kappa shape index (κ1) is 11.2. The summed E-state index contributed by atoms with van der Waals surface area (Å²) in [4.78, 5) is 2.39. The zero-order chi connectivity index (χ0) is 11.4. The lowest BCUT2D eigenvalue weighted by Crippen LogP contribution is -2.28. The van der Waals surface area contributed by atoms with Gasteiger partial charge in [-0.1, -0.05) is 31.0 Å². The van der Waals surface area contributed by atoms with Crippen LogP contribution in [0.5, 0.6) is 0 Å². The summed E-state index contributed by atoms with van der Waals surface area (Å²) in [6.07, 6.45) is 5.33. The van der Waals surface area contributed by atoms with Gasteiger partial charge in [-0.25, -0.2) is 0 Å². The summed E-state index contributed by atoms with van der Waals surface area (Å²) in [5, 5.41) is 9.03. The molecule has 2 heteroatoms. The predicted molar refractivity (Wildman–Crippen MR) is 64.9 cm³/mol. The van der Waals surface area contributed by atoms with Gasteiger partial charge in [0.2, 0.25) is 0 Å². The van der Waals surface area contributed by atoms with Crippen molar-refractivity contribution in [2.45, 2.75) is 38.3 Å². The van der Waals surface area contributed by atoms with Crippen molar-refractivity contribution in [3.63, 3.8) is 0 Å². The summed E-state index contributed by atoms with van der Waals surface area (Å²) in [6, 6.07) is 10.9. The molecule has 0 unspecified atom stereocenters. The fourth-order valence-electron chi connectivity index (χ4n) is 2.51. The molecule has 0 spiro atoms. The first-order valence-electron chi connectivity index (χ1n) is 5.99. The Kier molecular flexibility index (Phi) is 3.58. The van der Waals surface area contributed by atoms with Gasteiger partial charge in [-0.2, -0.15) is 5.26 Å². The average molecular weight is 214 g/mol. The van der Waals surface area contributed by atoms with Crippen molar-refractivity contribution in [2.24, 2.45) is 0 Å². The summed E-state index contributed by atoms with van der Waals surface area (Å²) in [7, 11) is 2.17. The molecule has 1 aliphatic carbocycles. The van der Waals surface area contributed by atoms with Crippen molar-refractivity contribution >= 4 is 0 Å². The maximum atomic E-state index is 9.03. The van der Waals surface area contributed by atoms with Crippen LogP contribution in [0.2, 0.25) is 0 Å². The van der Waals surface area contributed by atoms with Crippen molar-refractivity contribution < 1.29 is 0 Å². The number of benzene rings is 1. The van der Waals surface area contributed by atoms with Crippen molar-refractivity contribution in [2.75, 3.05) is 7.05 Å². The van der Waals surface area contributed by atoms with Crippen LogP contribution in [0.15, 0.2) is 24.3 Å². The molecule has 0 aromatic heterocycles. The van der Waals surface area contributed by atoms with Crippen LogP contribution in [0, 0.1) is 11.3 Å². The molecule has 1 saturated carbocycles. The molecule has 2 nitrogen and oxygen atoms in total. The van der Waals surface area contributed by atoms with Gasteiger partial charge in [0, 0.05) is 12.6 Å². The Morgan fingerprint density at radius 3 is 2.69 bits per heavy atom. The standard InChI is InChI=1S/C14H18N2/c1-16(14-8-4-5-9-14)11-13-7-3-2-6-12(13)10-15/h2-3,6-7,14H,4-5,8-9,11H2,1H3. The molecule has 0 atom stereocenters. The second kappa shape index (κ2) is 5.14. The van der Waals surface area contributed by atoms with Gasteiger partial charge < -0.3 is 0 Å². The minimum atomic E-state index is 0.715. The van der Waals surface area contributed by atoms with E-state index < -0.39 is 0 Å². The highest BCUT2D eigenvalue weighted by Crippen LogP contribution is 2.24. The Morgan fingerprint density at radius 1 is 1.31 bits per heavy atom. The Morgan fingerprint density at radius 2 is 2.00 bits per heavy atom. The molecule has 16 heavy (non-hydrogen) atoms. The van der Waals surface area contributed by atoms with E-state index in [0.717, 1.165) is 17.7 Å². The minimum Gasteiger partial charge on any atom is -0.299 e. The number of nitriles is 1. The summed E-state index contributed by atoms with van der Waals surface area (Å²) >= 11 is 0. The molecule has 0 heterocycles. The fraction of sp³-hybridized carbons (Fsp3) is 0.500. The molecular formula is C14H18N2. The second-order valence-electron chi connectivity index (χ2n) is 4.62. The van der Waals surface area contributed by atoms with Crippen LogP contribution in [0.25, 0.3) is 0 Å². The Bertz CT molecular complexity index is 386. The quantitative estimate of drug-likeness (QED) is 0.773.